The Balaban J connectivity index is 2.02. The summed E-state index contributed by atoms with van der Waals surface area (Å²) in [6.07, 6.45) is 1.97. The first-order valence-corrected chi connectivity index (χ1v) is 8.23. The van der Waals surface area contributed by atoms with Crippen LogP contribution in [0, 0.1) is 11.3 Å². The molecule has 5 heteroatoms. The van der Waals surface area contributed by atoms with Crippen molar-refractivity contribution in [1.82, 2.24) is 4.90 Å². The average Bonchev–Trinajstić information content (AvgIpc) is 2.39. The third-order valence-corrected chi connectivity index (χ3v) is 5.75. The first-order chi connectivity index (χ1) is 8.97. The Morgan fingerprint density at radius 2 is 1.84 bits per heavy atom. The lowest BCUT2D eigenvalue weighted by molar-refractivity contribution is 0.205. The van der Waals surface area contributed by atoms with E-state index in [1.807, 2.05) is 24.3 Å². The molecule has 1 aromatic carbocycles. The fraction of sp³-hybridized carbons (Fsp3) is 0.500. The zero-order valence-corrected chi connectivity index (χ0v) is 11.9. The predicted octanol–water partition coefficient (Wildman–Crippen LogP) is 1.59. The van der Waals surface area contributed by atoms with Crippen molar-refractivity contribution in [2.45, 2.75) is 24.1 Å². The summed E-state index contributed by atoms with van der Waals surface area (Å²) in [7, 11) is -3.32. The van der Waals surface area contributed by atoms with Crippen LogP contribution in [-0.2, 0) is 16.4 Å². The predicted molar refractivity (Wildman–Crippen MR) is 74.1 cm³/mol. The molecule has 0 unspecified atom stereocenters. The lowest BCUT2D eigenvalue weighted by atomic mass is 9.97. The molecule has 0 saturated carbocycles. The molecular weight excluding hydrogens is 260 g/mol. The maximum absolute atomic E-state index is 11.8. The number of sulfone groups is 1. The molecular formula is C14H18N2O2S. The van der Waals surface area contributed by atoms with Crippen LogP contribution in [0.3, 0.4) is 0 Å². The molecule has 1 fully saturated rings. The van der Waals surface area contributed by atoms with Gasteiger partial charge in [-0.1, -0.05) is 30.3 Å². The molecule has 0 N–H and O–H groups in total. The normalized spacial score (nSPS) is 19.8. The van der Waals surface area contributed by atoms with Crippen LogP contribution in [0.25, 0.3) is 0 Å². The molecule has 2 rings (SSSR count). The third kappa shape index (κ3) is 2.96. The molecule has 19 heavy (non-hydrogen) atoms. The van der Waals surface area contributed by atoms with Gasteiger partial charge in [-0.2, -0.15) is 5.26 Å². The summed E-state index contributed by atoms with van der Waals surface area (Å²) >= 11 is 0. The van der Waals surface area contributed by atoms with Gasteiger partial charge in [0, 0.05) is 25.9 Å². The molecule has 1 aromatic rings. The Bertz CT molecular complexity index is 567. The summed E-state index contributed by atoms with van der Waals surface area (Å²) in [6, 6.07) is 12.1. The van der Waals surface area contributed by atoms with E-state index in [0.29, 0.717) is 25.9 Å². The van der Waals surface area contributed by atoms with E-state index in [2.05, 4.69) is 17.0 Å². The van der Waals surface area contributed by atoms with E-state index >= 15 is 0 Å². The summed E-state index contributed by atoms with van der Waals surface area (Å²) < 4.78 is 22.3. The highest BCUT2D eigenvalue weighted by atomic mass is 32.2. The Hall–Kier alpha value is -1.38. The van der Waals surface area contributed by atoms with Crippen LogP contribution in [-0.4, -0.2) is 37.4 Å². The number of hydrogen-bond acceptors (Lipinski definition) is 4. The topological polar surface area (TPSA) is 61.2 Å². The molecule has 102 valence electrons. The van der Waals surface area contributed by atoms with Crippen molar-refractivity contribution in [3.8, 4) is 6.07 Å². The minimum Gasteiger partial charge on any atom is -0.299 e. The van der Waals surface area contributed by atoms with Gasteiger partial charge in [0.05, 0.1) is 6.07 Å². The van der Waals surface area contributed by atoms with Crippen LogP contribution in [0.15, 0.2) is 30.3 Å². The highest BCUT2D eigenvalue weighted by molar-refractivity contribution is 7.92. The van der Waals surface area contributed by atoms with Gasteiger partial charge < -0.3 is 0 Å². The van der Waals surface area contributed by atoms with Crippen LogP contribution in [0.5, 0.6) is 0 Å². The van der Waals surface area contributed by atoms with Gasteiger partial charge in [0.2, 0.25) is 0 Å². The van der Waals surface area contributed by atoms with Crippen molar-refractivity contribution in [1.29, 1.82) is 5.26 Å². The number of hydrogen-bond donors (Lipinski definition) is 0. The van der Waals surface area contributed by atoms with Gasteiger partial charge in [0.15, 0.2) is 14.6 Å². The van der Waals surface area contributed by atoms with E-state index in [-0.39, 0.29) is 0 Å². The number of nitrogens with zero attached hydrogens (tertiary/aromatic N) is 2. The fourth-order valence-electron chi connectivity index (χ4n) is 2.48. The first-order valence-electron chi connectivity index (χ1n) is 6.34. The van der Waals surface area contributed by atoms with Gasteiger partial charge in [-0.15, -0.1) is 0 Å². The highest BCUT2D eigenvalue weighted by Crippen LogP contribution is 2.30. The zero-order chi connectivity index (χ0) is 13.9. The van der Waals surface area contributed by atoms with Gasteiger partial charge in [-0.3, -0.25) is 4.90 Å². The standard InChI is InChI=1S/C14H18N2O2S/c1-19(17,18)14(12-15)7-9-16(10-8-14)11-13-5-3-2-4-6-13/h2-6H,7-11H2,1H3. The van der Waals surface area contributed by atoms with Crippen molar-refractivity contribution >= 4 is 9.84 Å². The molecule has 0 amide bonds. The molecule has 0 spiro atoms. The van der Waals surface area contributed by atoms with E-state index < -0.39 is 14.6 Å². The molecule has 1 heterocycles. The molecule has 1 aliphatic rings. The quantitative estimate of drug-likeness (QED) is 0.842. The summed E-state index contributed by atoms with van der Waals surface area (Å²) in [4.78, 5) is 2.20. The van der Waals surface area contributed by atoms with Crippen molar-refractivity contribution in [2.24, 2.45) is 0 Å². The lowest BCUT2D eigenvalue weighted by Crippen LogP contribution is -2.47. The van der Waals surface area contributed by atoms with Gasteiger partial charge in [-0.25, -0.2) is 8.42 Å². The fourth-order valence-corrected chi connectivity index (χ4v) is 3.57. The van der Waals surface area contributed by atoms with E-state index in [1.165, 1.54) is 11.8 Å². The number of nitriles is 1. The van der Waals surface area contributed by atoms with Gasteiger partial charge >= 0.3 is 0 Å². The van der Waals surface area contributed by atoms with Crippen LogP contribution in [0.4, 0.5) is 0 Å². The lowest BCUT2D eigenvalue weighted by Gasteiger charge is -2.35. The molecule has 0 atom stereocenters. The molecule has 1 saturated heterocycles. The minimum absolute atomic E-state index is 0.398. The van der Waals surface area contributed by atoms with Crippen LogP contribution in [0.2, 0.25) is 0 Å². The SMILES string of the molecule is CS(=O)(=O)C1(C#N)CCN(Cc2ccccc2)CC1. The molecule has 0 bridgehead atoms. The largest absolute Gasteiger partial charge is 0.299 e. The highest BCUT2D eigenvalue weighted by Gasteiger charge is 2.43. The molecule has 0 radical (unpaired) electrons. The van der Waals surface area contributed by atoms with Crippen molar-refractivity contribution in [3.05, 3.63) is 35.9 Å². The van der Waals surface area contributed by atoms with Crippen molar-refractivity contribution < 1.29 is 8.42 Å². The molecule has 1 aliphatic heterocycles. The molecule has 0 aromatic heterocycles. The van der Waals surface area contributed by atoms with E-state index in [9.17, 15) is 13.7 Å². The third-order valence-electron chi connectivity index (χ3n) is 3.83. The van der Waals surface area contributed by atoms with Crippen molar-refractivity contribution in [2.75, 3.05) is 19.3 Å². The number of rotatable bonds is 3. The Labute approximate surface area is 114 Å². The average molecular weight is 278 g/mol. The first kappa shape index (κ1) is 14.0. The van der Waals surface area contributed by atoms with Crippen molar-refractivity contribution in [3.63, 3.8) is 0 Å². The second-order valence-corrected chi connectivity index (χ2v) is 7.47. The minimum atomic E-state index is -3.32. The van der Waals surface area contributed by atoms with Gasteiger partial charge in [0.1, 0.15) is 0 Å². The van der Waals surface area contributed by atoms with Crippen LogP contribution in [0.1, 0.15) is 18.4 Å². The summed E-state index contributed by atoms with van der Waals surface area (Å²) in [6.45, 7) is 2.11. The monoisotopic (exact) mass is 278 g/mol. The maximum atomic E-state index is 11.8. The second-order valence-electron chi connectivity index (χ2n) is 5.14. The smallest absolute Gasteiger partial charge is 0.166 e. The summed E-state index contributed by atoms with van der Waals surface area (Å²) in [5.41, 5.74) is 1.21. The Morgan fingerprint density at radius 1 is 1.26 bits per heavy atom. The van der Waals surface area contributed by atoms with E-state index in [0.717, 1.165) is 6.54 Å². The maximum Gasteiger partial charge on any atom is 0.166 e. The molecule has 4 nitrogen and oxygen atoms in total. The second kappa shape index (κ2) is 5.32. The van der Waals surface area contributed by atoms with E-state index in [4.69, 9.17) is 0 Å². The van der Waals surface area contributed by atoms with Crippen LogP contribution >= 0.6 is 0 Å². The number of piperidine rings is 1. The van der Waals surface area contributed by atoms with Crippen LogP contribution < -0.4 is 0 Å². The summed E-state index contributed by atoms with van der Waals surface area (Å²) in [5, 5.41) is 9.21. The zero-order valence-electron chi connectivity index (χ0n) is 11.0. The van der Waals surface area contributed by atoms with Gasteiger partial charge in [0.25, 0.3) is 0 Å². The number of likely N-dealkylation sites (tertiary alicyclic amines) is 1. The summed E-state index contributed by atoms with van der Waals surface area (Å²) in [5.74, 6) is 0. The Morgan fingerprint density at radius 3 is 2.32 bits per heavy atom. The molecule has 0 aliphatic carbocycles. The van der Waals surface area contributed by atoms with Gasteiger partial charge in [-0.05, 0) is 18.4 Å². The Kier molecular flexibility index (Phi) is 3.93. The number of benzene rings is 1. The van der Waals surface area contributed by atoms with E-state index in [1.54, 1.807) is 0 Å².